The molecule has 334 valence electrons. The number of aryl methyl sites for hydroxylation is 2. The Morgan fingerprint density at radius 3 is 1.10 bits per heavy atom. The van der Waals surface area contributed by atoms with E-state index >= 15 is 0 Å². The molecule has 71 heavy (non-hydrogen) atoms. The van der Waals surface area contributed by atoms with Crippen molar-refractivity contribution in [3.63, 3.8) is 0 Å². The first kappa shape index (κ1) is 40.7. The van der Waals surface area contributed by atoms with E-state index in [0.717, 1.165) is 83.8 Å². The molecule has 0 radical (unpaired) electrons. The van der Waals surface area contributed by atoms with Crippen molar-refractivity contribution in [2.45, 2.75) is 13.8 Å². The molecule has 0 saturated carbocycles. The molecule has 0 aliphatic carbocycles. The molecule has 0 saturated heterocycles. The summed E-state index contributed by atoms with van der Waals surface area (Å²) in [5, 5.41) is 7.23. The van der Waals surface area contributed by atoms with Crippen LogP contribution in [0.15, 0.2) is 237 Å². The summed E-state index contributed by atoms with van der Waals surface area (Å²) in [5.74, 6) is 0.666. The summed E-state index contributed by atoms with van der Waals surface area (Å²) >= 11 is 0. The van der Waals surface area contributed by atoms with Gasteiger partial charge < -0.3 is 13.7 Å². The van der Waals surface area contributed by atoms with Gasteiger partial charge in [-0.25, -0.2) is 9.97 Å². The van der Waals surface area contributed by atoms with Crippen molar-refractivity contribution in [3.8, 4) is 62.1 Å². The number of hydrogen-bond acceptors (Lipinski definition) is 2. The second kappa shape index (κ2) is 16.2. The van der Waals surface area contributed by atoms with Crippen LogP contribution in [0.2, 0.25) is 0 Å². The molecule has 14 rings (SSSR count). The van der Waals surface area contributed by atoms with Gasteiger partial charge in [-0.1, -0.05) is 181 Å². The Kier molecular flexibility index (Phi) is 9.26. The van der Waals surface area contributed by atoms with Crippen molar-refractivity contribution >= 4 is 65.4 Å². The number of para-hydroxylation sites is 4. The normalized spacial score (nSPS) is 11.8. The second-order valence-corrected chi connectivity index (χ2v) is 18.8. The Bertz CT molecular complexity index is 4100. The van der Waals surface area contributed by atoms with Crippen molar-refractivity contribution < 1.29 is 0 Å². The minimum atomic E-state index is 0.666. The minimum absolute atomic E-state index is 0.666. The third kappa shape index (κ3) is 6.54. The maximum atomic E-state index is 5.53. The maximum Gasteiger partial charge on any atom is 0.160 e. The van der Waals surface area contributed by atoms with Gasteiger partial charge in [-0.15, -0.1) is 0 Å². The van der Waals surface area contributed by atoms with E-state index in [1.165, 1.54) is 49.0 Å². The van der Waals surface area contributed by atoms with Gasteiger partial charge in [0.2, 0.25) is 0 Å². The van der Waals surface area contributed by atoms with Gasteiger partial charge in [-0.05, 0) is 91.7 Å². The predicted molar refractivity (Wildman–Crippen MR) is 296 cm³/mol. The van der Waals surface area contributed by atoms with Gasteiger partial charge in [0.15, 0.2) is 5.82 Å². The highest BCUT2D eigenvalue weighted by Crippen LogP contribution is 2.45. The predicted octanol–water partition coefficient (Wildman–Crippen LogP) is 17.1. The fourth-order valence-electron chi connectivity index (χ4n) is 11.1. The highest BCUT2D eigenvalue weighted by atomic mass is 15.1. The number of rotatable bonds is 7. The molecule has 10 aromatic carbocycles. The summed E-state index contributed by atoms with van der Waals surface area (Å²) in [6.45, 7) is 4.38. The maximum absolute atomic E-state index is 5.53. The summed E-state index contributed by atoms with van der Waals surface area (Å²) in [5.41, 5.74) is 19.3. The van der Waals surface area contributed by atoms with Gasteiger partial charge in [0.1, 0.15) is 0 Å². The Morgan fingerprint density at radius 2 is 0.634 bits per heavy atom. The molecule has 0 atom stereocenters. The summed E-state index contributed by atoms with van der Waals surface area (Å²) in [4.78, 5) is 10.9. The molecule has 4 heterocycles. The molecule has 14 aromatic rings. The standard InChI is InChI=1S/C66H45N5/c1-42-29-35-61-53(37-42)54-38-43(2)30-36-62(54)71(61)65-63(69-57-25-13-9-21-49(57)50-22-10-14-26-58(50)69)39-48(40-64(65)70-59-27-15-11-23-51(59)52-24-12-16-28-60(52)70)56-41-55(67-66(68-56)47-19-7-4-8-20-47)46-33-31-45(32-34-46)44-17-5-3-6-18-44/h3-41H,1-2H3. The van der Waals surface area contributed by atoms with Crippen molar-refractivity contribution in [1.82, 2.24) is 23.7 Å². The zero-order valence-electron chi connectivity index (χ0n) is 39.3. The highest BCUT2D eigenvalue weighted by Gasteiger charge is 2.27. The Labute approximate surface area is 410 Å². The molecule has 0 bridgehead atoms. The number of aromatic nitrogens is 5. The van der Waals surface area contributed by atoms with Crippen molar-refractivity contribution in [1.29, 1.82) is 0 Å². The first-order valence-electron chi connectivity index (χ1n) is 24.3. The number of benzene rings is 10. The van der Waals surface area contributed by atoms with Crippen LogP contribution < -0.4 is 0 Å². The monoisotopic (exact) mass is 907 g/mol. The molecule has 0 spiro atoms. The number of hydrogen-bond donors (Lipinski definition) is 0. The SMILES string of the molecule is Cc1ccc2c(c1)c1cc(C)ccc1n2-c1c(-n2c3ccccc3c3ccccc32)cc(-c2cc(-c3ccc(-c4ccccc4)cc3)nc(-c3ccccc3)n2)cc1-n1c2ccccc2c2ccccc21. The average molecular weight is 908 g/mol. The van der Waals surface area contributed by atoms with E-state index in [9.17, 15) is 0 Å². The molecule has 0 fully saturated rings. The van der Waals surface area contributed by atoms with Crippen LogP contribution in [0.5, 0.6) is 0 Å². The third-order valence-electron chi connectivity index (χ3n) is 14.4. The fraction of sp³-hybridized carbons (Fsp3) is 0.0303. The van der Waals surface area contributed by atoms with E-state index in [-0.39, 0.29) is 0 Å². The summed E-state index contributed by atoms with van der Waals surface area (Å²) < 4.78 is 7.51. The van der Waals surface area contributed by atoms with Crippen LogP contribution in [-0.4, -0.2) is 23.7 Å². The van der Waals surface area contributed by atoms with Gasteiger partial charge in [-0.3, -0.25) is 0 Å². The fourth-order valence-corrected chi connectivity index (χ4v) is 11.1. The van der Waals surface area contributed by atoms with Gasteiger partial charge in [-0.2, -0.15) is 0 Å². The van der Waals surface area contributed by atoms with Gasteiger partial charge >= 0.3 is 0 Å². The summed E-state index contributed by atoms with van der Waals surface area (Å²) in [6.07, 6.45) is 0. The van der Waals surface area contributed by atoms with Crippen LogP contribution >= 0.6 is 0 Å². The zero-order chi connectivity index (χ0) is 47.2. The molecule has 0 aliphatic rings. The topological polar surface area (TPSA) is 40.6 Å². The van der Waals surface area contributed by atoms with E-state index in [1.807, 2.05) is 6.07 Å². The Morgan fingerprint density at radius 1 is 0.268 bits per heavy atom. The molecule has 0 aliphatic heterocycles. The second-order valence-electron chi connectivity index (χ2n) is 18.8. The van der Waals surface area contributed by atoms with Crippen molar-refractivity contribution in [2.75, 3.05) is 0 Å². The quantitative estimate of drug-likeness (QED) is 0.160. The lowest BCUT2D eigenvalue weighted by molar-refractivity contribution is 1.05. The summed E-state index contributed by atoms with van der Waals surface area (Å²) in [7, 11) is 0. The zero-order valence-corrected chi connectivity index (χ0v) is 39.3. The minimum Gasteiger partial charge on any atom is -0.307 e. The number of nitrogens with zero attached hydrogens (tertiary/aromatic N) is 5. The molecule has 5 nitrogen and oxygen atoms in total. The van der Waals surface area contributed by atoms with E-state index in [0.29, 0.717) is 5.82 Å². The molecular weight excluding hydrogens is 863 g/mol. The van der Waals surface area contributed by atoms with Gasteiger partial charge in [0.05, 0.1) is 61.6 Å². The molecule has 0 amide bonds. The summed E-state index contributed by atoms with van der Waals surface area (Å²) in [6, 6.07) is 85.7. The lowest BCUT2D eigenvalue weighted by Crippen LogP contribution is -2.10. The highest BCUT2D eigenvalue weighted by molar-refractivity contribution is 6.14. The largest absolute Gasteiger partial charge is 0.307 e. The Hall–Kier alpha value is -9.32. The first-order chi connectivity index (χ1) is 35.0. The van der Waals surface area contributed by atoms with Crippen LogP contribution in [0.3, 0.4) is 0 Å². The van der Waals surface area contributed by atoms with Crippen molar-refractivity contribution in [2.24, 2.45) is 0 Å². The molecular formula is C66H45N5. The van der Waals surface area contributed by atoms with E-state index < -0.39 is 0 Å². The third-order valence-corrected chi connectivity index (χ3v) is 14.4. The van der Waals surface area contributed by atoms with Crippen LogP contribution in [0, 0.1) is 13.8 Å². The molecule has 4 aromatic heterocycles. The lowest BCUT2D eigenvalue weighted by atomic mass is 10.0. The van der Waals surface area contributed by atoms with E-state index in [1.54, 1.807) is 0 Å². The Balaban J connectivity index is 1.16. The first-order valence-corrected chi connectivity index (χ1v) is 24.3. The molecule has 0 unspecified atom stereocenters. The van der Waals surface area contributed by atoms with E-state index in [4.69, 9.17) is 9.97 Å². The van der Waals surface area contributed by atoms with Gasteiger partial charge in [0, 0.05) is 49.0 Å². The van der Waals surface area contributed by atoms with Crippen LogP contribution in [0.25, 0.3) is 128 Å². The molecule has 5 heteroatoms. The average Bonchev–Trinajstić information content (AvgIpc) is 4.06. The van der Waals surface area contributed by atoms with Crippen LogP contribution in [0.4, 0.5) is 0 Å². The van der Waals surface area contributed by atoms with E-state index in [2.05, 4.69) is 258 Å². The smallest absolute Gasteiger partial charge is 0.160 e. The number of fused-ring (bicyclic) bond motifs is 9. The lowest BCUT2D eigenvalue weighted by Gasteiger charge is -2.24. The van der Waals surface area contributed by atoms with Crippen LogP contribution in [-0.2, 0) is 0 Å². The van der Waals surface area contributed by atoms with Crippen LogP contribution in [0.1, 0.15) is 11.1 Å². The molecule has 0 N–H and O–H groups in total. The van der Waals surface area contributed by atoms with Crippen molar-refractivity contribution in [3.05, 3.63) is 248 Å². The van der Waals surface area contributed by atoms with Gasteiger partial charge in [0.25, 0.3) is 0 Å².